The highest BCUT2D eigenvalue weighted by Crippen LogP contribution is 2.40. The molecule has 1 amide bonds. The Morgan fingerprint density at radius 1 is 1.16 bits per heavy atom. The first kappa shape index (κ1) is 21.0. The average Bonchev–Trinajstić information content (AvgIpc) is 2.76. The fourth-order valence-corrected chi connectivity index (χ4v) is 4.40. The van der Waals surface area contributed by atoms with E-state index in [-0.39, 0.29) is 24.3 Å². The Morgan fingerprint density at radius 2 is 1.94 bits per heavy atom. The van der Waals surface area contributed by atoms with E-state index in [1.54, 1.807) is 17.0 Å². The second-order valence-corrected chi connectivity index (χ2v) is 7.87. The maximum Gasteiger partial charge on any atom is 0.417 e. The zero-order valence-corrected chi connectivity index (χ0v) is 16.7. The van der Waals surface area contributed by atoms with Crippen molar-refractivity contribution >= 4 is 11.7 Å². The third-order valence-corrected chi connectivity index (χ3v) is 5.87. The monoisotopic (exact) mass is 426 g/mol. The van der Waals surface area contributed by atoms with Gasteiger partial charge in [0.25, 0.3) is 0 Å². The molecule has 2 heterocycles. The summed E-state index contributed by atoms with van der Waals surface area (Å²) in [5.74, 6) is 0. The lowest BCUT2D eigenvalue weighted by molar-refractivity contribution is -0.137. The first-order valence-electron chi connectivity index (χ1n) is 10.2. The molecule has 2 unspecified atom stereocenters. The molecule has 160 valence electrons. The number of hydrogen-bond acceptors (Lipinski definition) is 3. The average molecular weight is 426 g/mol. The van der Waals surface area contributed by atoms with Gasteiger partial charge in [0.05, 0.1) is 23.2 Å². The van der Waals surface area contributed by atoms with Crippen LogP contribution in [0.1, 0.15) is 47.9 Å². The molecule has 7 heteroatoms. The Balaban J connectivity index is 1.56. The molecular weight excluding hydrogens is 405 g/mol. The van der Waals surface area contributed by atoms with E-state index in [4.69, 9.17) is 10.00 Å². The van der Waals surface area contributed by atoms with E-state index in [1.807, 2.05) is 36.4 Å². The van der Waals surface area contributed by atoms with Crippen LogP contribution < -0.4 is 0 Å². The van der Waals surface area contributed by atoms with Gasteiger partial charge in [0.1, 0.15) is 6.61 Å². The third-order valence-electron chi connectivity index (χ3n) is 5.87. The number of rotatable bonds is 3. The van der Waals surface area contributed by atoms with Gasteiger partial charge in [-0.1, -0.05) is 42.5 Å². The highest BCUT2D eigenvalue weighted by atomic mass is 19.4. The van der Waals surface area contributed by atoms with Crippen LogP contribution in [0.4, 0.5) is 18.0 Å². The quantitative estimate of drug-likeness (QED) is 0.612. The van der Waals surface area contributed by atoms with Gasteiger partial charge in [0.15, 0.2) is 0 Å². The number of ether oxygens (including phenoxy) is 1. The maximum absolute atomic E-state index is 13.4. The molecule has 2 aliphatic rings. The van der Waals surface area contributed by atoms with E-state index < -0.39 is 17.8 Å². The van der Waals surface area contributed by atoms with Crippen molar-refractivity contribution in [1.29, 1.82) is 5.26 Å². The van der Waals surface area contributed by atoms with E-state index in [0.717, 1.165) is 36.5 Å². The van der Waals surface area contributed by atoms with Crippen molar-refractivity contribution in [3.05, 3.63) is 76.9 Å². The molecule has 0 aromatic heterocycles. The molecule has 2 aromatic carbocycles. The largest absolute Gasteiger partial charge is 0.445 e. The second kappa shape index (κ2) is 8.46. The van der Waals surface area contributed by atoms with E-state index in [2.05, 4.69) is 0 Å². The van der Waals surface area contributed by atoms with Crippen molar-refractivity contribution < 1.29 is 22.7 Å². The zero-order valence-electron chi connectivity index (χ0n) is 16.7. The number of benzene rings is 2. The number of carbonyl (C=O) groups excluding carboxylic acids is 1. The van der Waals surface area contributed by atoms with Crippen LogP contribution in [-0.2, 0) is 17.5 Å². The Hall–Kier alpha value is -3.27. The van der Waals surface area contributed by atoms with Crippen LogP contribution in [0.25, 0.3) is 5.57 Å². The van der Waals surface area contributed by atoms with Gasteiger partial charge in [0, 0.05) is 6.04 Å². The number of halogens is 3. The SMILES string of the molecule is N#Cc1ccc(C2=CC3CCCC(C2)N3C(=O)OCc2ccccc2)cc1C(F)(F)F. The lowest BCUT2D eigenvalue weighted by Gasteiger charge is -2.44. The fraction of sp³-hybridized carbons (Fsp3) is 0.333. The predicted octanol–water partition coefficient (Wildman–Crippen LogP) is 5.92. The summed E-state index contributed by atoms with van der Waals surface area (Å²) in [6.45, 7) is 0.177. The standard InChI is InChI=1S/C24H21F3N2O2/c25-24(26,27)22-13-17(9-10-18(22)14-28)19-11-20-7-4-8-21(12-19)29(20)23(30)31-15-16-5-2-1-3-6-16/h1-3,5-6,9-11,13,20-21H,4,7-8,12,15H2. The maximum atomic E-state index is 13.4. The molecule has 2 atom stereocenters. The number of amides is 1. The highest BCUT2D eigenvalue weighted by Gasteiger charge is 2.39. The summed E-state index contributed by atoms with van der Waals surface area (Å²) < 4.78 is 45.6. The minimum Gasteiger partial charge on any atom is -0.445 e. The summed E-state index contributed by atoms with van der Waals surface area (Å²) in [7, 11) is 0. The number of alkyl halides is 3. The van der Waals surface area contributed by atoms with Gasteiger partial charge in [-0.15, -0.1) is 0 Å². The van der Waals surface area contributed by atoms with Crippen LogP contribution >= 0.6 is 0 Å². The molecule has 0 N–H and O–H groups in total. The topological polar surface area (TPSA) is 53.3 Å². The van der Waals surface area contributed by atoms with Gasteiger partial charge < -0.3 is 4.74 Å². The van der Waals surface area contributed by atoms with Gasteiger partial charge >= 0.3 is 12.3 Å². The smallest absolute Gasteiger partial charge is 0.417 e. The number of carbonyl (C=O) groups is 1. The van der Waals surface area contributed by atoms with Crippen LogP contribution in [0.3, 0.4) is 0 Å². The number of piperidine rings is 1. The summed E-state index contributed by atoms with van der Waals surface area (Å²) in [6, 6.07) is 14.5. The molecule has 1 saturated heterocycles. The Labute approximate surface area is 178 Å². The number of nitriles is 1. The number of hydrogen-bond donors (Lipinski definition) is 0. The molecule has 31 heavy (non-hydrogen) atoms. The van der Waals surface area contributed by atoms with Crippen LogP contribution in [0, 0.1) is 11.3 Å². The molecule has 2 aliphatic heterocycles. The van der Waals surface area contributed by atoms with Crippen LogP contribution in [0.15, 0.2) is 54.6 Å². The van der Waals surface area contributed by atoms with Crippen molar-refractivity contribution in [2.45, 2.75) is 50.6 Å². The summed E-state index contributed by atoms with van der Waals surface area (Å²) in [6.07, 6.45) is -0.201. The normalized spacial score (nSPS) is 20.6. The van der Waals surface area contributed by atoms with Crippen LogP contribution in [-0.4, -0.2) is 23.1 Å². The molecule has 0 spiro atoms. The van der Waals surface area contributed by atoms with Crippen molar-refractivity contribution in [3.63, 3.8) is 0 Å². The molecule has 4 rings (SSSR count). The number of fused-ring (bicyclic) bond motifs is 2. The molecule has 0 aliphatic carbocycles. The summed E-state index contributed by atoms with van der Waals surface area (Å²) >= 11 is 0. The van der Waals surface area contributed by atoms with Crippen molar-refractivity contribution in [1.82, 2.24) is 4.90 Å². The first-order valence-corrected chi connectivity index (χ1v) is 10.2. The highest BCUT2D eigenvalue weighted by molar-refractivity contribution is 5.75. The molecule has 2 bridgehead atoms. The molecular formula is C24H21F3N2O2. The summed E-state index contributed by atoms with van der Waals surface area (Å²) in [5, 5.41) is 9.02. The third kappa shape index (κ3) is 4.43. The van der Waals surface area contributed by atoms with Gasteiger partial charge in [-0.2, -0.15) is 18.4 Å². The van der Waals surface area contributed by atoms with Gasteiger partial charge in [-0.25, -0.2) is 4.79 Å². The molecule has 1 fully saturated rings. The Kier molecular flexibility index (Phi) is 5.73. The van der Waals surface area contributed by atoms with Crippen molar-refractivity contribution in [2.24, 2.45) is 0 Å². The first-order chi connectivity index (χ1) is 14.9. The van der Waals surface area contributed by atoms with E-state index in [9.17, 15) is 18.0 Å². The summed E-state index contributed by atoms with van der Waals surface area (Å²) in [5.41, 5.74) is 0.797. The van der Waals surface area contributed by atoms with E-state index in [1.165, 1.54) is 6.07 Å². The fourth-order valence-electron chi connectivity index (χ4n) is 4.40. The van der Waals surface area contributed by atoms with Crippen LogP contribution in [0.5, 0.6) is 0 Å². The van der Waals surface area contributed by atoms with Crippen molar-refractivity contribution in [2.75, 3.05) is 0 Å². The van der Waals surface area contributed by atoms with Gasteiger partial charge in [-0.05, 0) is 54.5 Å². The van der Waals surface area contributed by atoms with Crippen LogP contribution in [0.2, 0.25) is 0 Å². The van der Waals surface area contributed by atoms with Crippen molar-refractivity contribution in [3.8, 4) is 6.07 Å². The van der Waals surface area contributed by atoms with Gasteiger partial charge in [0.2, 0.25) is 0 Å². The lowest BCUT2D eigenvalue weighted by Crippen LogP contribution is -2.51. The minimum absolute atomic E-state index is 0.119. The van der Waals surface area contributed by atoms with E-state index >= 15 is 0 Å². The zero-order chi connectivity index (χ0) is 22.0. The molecule has 0 saturated carbocycles. The predicted molar refractivity (Wildman–Crippen MR) is 109 cm³/mol. The molecule has 0 radical (unpaired) electrons. The second-order valence-electron chi connectivity index (χ2n) is 7.87. The Bertz CT molecular complexity index is 1040. The minimum atomic E-state index is -4.60. The van der Waals surface area contributed by atoms with E-state index in [0.29, 0.717) is 12.0 Å². The molecule has 2 aromatic rings. The molecule has 4 nitrogen and oxygen atoms in total. The summed E-state index contributed by atoms with van der Waals surface area (Å²) in [4.78, 5) is 14.5. The lowest BCUT2D eigenvalue weighted by atomic mass is 9.82. The number of nitrogens with zero attached hydrogens (tertiary/aromatic N) is 2. The Morgan fingerprint density at radius 3 is 2.61 bits per heavy atom. The van der Waals surface area contributed by atoms with Gasteiger partial charge in [-0.3, -0.25) is 4.90 Å².